The van der Waals surface area contributed by atoms with Gasteiger partial charge in [0.15, 0.2) is 4.90 Å². The summed E-state index contributed by atoms with van der Waals surface area (Å²) in [5.41, 5.74) is 10.6. The Morgan fingerprint density at radius 1 is 1.10 bits per heavy atom. The average Bonchev–Trinajstić information content (AvgIpc) is 2.40. The number of anilines is 2. The molecule has 110 valence electrons. The van der Waals surface area contributed by atoms with Gasteiger partial charge < -0.3 is 11.5 Å². The van der Waals surface area contributed by atoms with E-state index in [4.69, 9.17) is 23.1 Å². The van der Waals surface area contributed by atoms with E-state index in [0.29, 0.717) is 0 Å². The monoisotopic (exact) mass is 327 g/mol. The number of nitrogens with zero attached hydrogens (tertiary/aromatic N) is 1. The topological polar surface area (TPSA) is 129 Å². The molecule has 0 saturated carbocycles. The fourth-order valence-electron chi connectivity index (χ4n) is 1.79. The van der Waals surface area contributed by atoms with E-state index in [1.165, 1.54) is 24.3 Å². The minimum atomic E-state index is -4.22. The van der Waals surface area contributed by atoms with Gasteiger partial charge in [-0.3, -0.25) is 10.1 Å². The zero-order chi connectivity index (χ0) is 15.8. The molecule has 0 aliphatic carbocycles. The van der Waals surface area contributed by atoms with E-state index in [1.807, 2.05) is 0 Å². The van der Waals surface area contributed by atoms with Crippen LogP contribution in [0.5, 0.6) is 0 Å². The van der Waals surface area contributed by atoms with E-state index >= 15 is 0 Å². The molecule has 2 aromatic rings. The molecule has 0 aromatic heterocycles. The Hall–Kier alpha value is -2.32. The summed E-state index contributed by atoms with van der Waals surface area (Å²) in [6.07, 6.45) is 0. The Labute approximate surface area is 125 Å². The number of benzene rings is 2. The highest BCUT2D eigenvalue weighted by Gasteiger charge is 2.31. The number of rotatable bonds is 3. The molecule has 9 heteroatoms. The van der Waals surface area contributed by atoms with Gasteiger partial charge in [-0.2, -0.15) is 0 Å². The third kappa shape index (κ3) is 2.63. The van der Waals surface area contributed by atoms with Crippen LogP contribution in [-0.2, 0) is 9.84 Å². The van der Waals surface area contributed by atoms with Gasteiger partial charge in [-0.25, -0.2) is 8.42 Å². The van der Waals surface area contributed by atoms with Crippen molar-refractivity contribution in [1.82, 2.24) is 0 Å². The second-order valence-corrected chi connectivity index (χ2v) is 6.44. The molecule has 2 rings (SSSR count). The lowest BCUT2D eigenvalue weighted by Crippen LogP contribution is -2.09. The van der Waals surface area contributed by atoms with E-state index in [1.54, 1.807) is 0 Å². The maximum Gasteiger partial charge on any atom is 0.306 e. The Bertz CT molecular complexity index is 836. The molecule has 0 spiro atoms. The van der Waals surface area contributed by atoms with Crippen molar-refractivity contribution in [2.24, 2.45) is 0 Å². The first-order valence-corrected chi connectivity index (χ1v) is 7.44. The summed E-state index contributed by atoms with van der Waals surface area (Å²) in [5.74, 6) is 0. The number of nitro groups is 1. The second kappa shape index (κ2) is 5.23. The van der Waals surface area contributed by atoms with Gasteiger partial charge >= 0.3 is 5.69 Å². The highest BCUT2D eigenvalue weighted by Crippen LogP contribution is 2.36. The quantitative estimate of drug-likeness (QED) is 0.505. The second-order valence-electron chi connectivity index (χ2n) is 4.14. The number of nitrogen functional groups attached to an aromatic ring is 2. The van der Waals surface area contributed by atoms with Crippen molar-refractivity contribution < 1.29 is 13.3 Å². The van der Waals surface area contributed by atoms with Gasteiger partial charge in [0.05, 0.1) is 15.5 Å². The molecule has 0 saturated heterocycles. The fraction of sp³-hybridized carbons (Fsp3) is 0. The molecule has 0 radical (unpaired) electrons. The fourth-order valence-corrected chi connectivity index (χ4v) is 3.69. The highest BCUT2D eigenvalue weighted by atomic mass is 35.5. The SMILES string of the molecule is Nc1ccc(N)c(S(=O)(=O)c2cccc(Cl)c2[N+](=O)[O-])c1. The van der Waals surface area contributed by atoms with Crippen LogP contribution in [-0.4, -0.2) is 13.3 Å². The summed E-state index contributed by atoms with van der Waals surface area (Å²) in [5, 5.41) is 10.8. The zero-order valence-corrected chi connectivity index (χ0v) is 12.1. The van der Waals surface area contributed by atoms with Gasteiger partial charge in [0.25, 0.3) is 0 Å². The van der Waals surface area contributed by atoms with E-state index in [2.05, 4.69) is 0 Å². The van der Waals surface area contributed by atoms with Crippen LogP contribution in [0.1, 0.15) is 0 Å². The van der Waals surface area contributed by atoms with Crippen LogP contribution < -0.4 is 11.5 Å². The Balaban J connectivity index is 2.80. The number of hydrogen-bond donors (Lipinski definition) is 2. The Morgan fingerprint density at radius 3 is 2.38 bits per heavy atom. The molecule has 2 aromatic carbocycles. The summed E-state index contributed by atoms with van der Waals surface area (Å²) >= 11 is 5.73. The third-order valence-electron chi connectivity index (χ3n) is 2.75. The van der Waals surface area contributed by atoms with Crippen LogP contribution in [0.15, 0.2) is 46.2 Å². The molecule has 21 heavy (non-hydrogen) atoms. The molecule has 7 nitrogen and oxygen atoms in total. The van der Waals surface area contributed by atoms with Gasteiger partial charge in [-0.15, -0.1) is 0 Å². The molecule has 0 atom stereocenters. The summed E-state index contributed by atoms with van der Waals surface area (Å²) in [4.78, 5) is 9.40. The third-order valence-corrected chi connectivity index (χ3v) is 4.90. The number of nitro benzene ring substituents is 1. The van der Waals surface area contributed by atoms with E-state index in [0.717, 1.165) is 12.1 Å². The lowest BCUT2D eigenvalue weighted by molar-refractivity contribution is -0.387. The number of halogens is 1. The van der Waals surface area contributed by atoms with Crippen LogP contribution in [0, 0.1) is 10.1 Å². The van der Waals surface area contributed by atoms with Crippen LogP contribution in [0.2, 0.25) is 5.02 Å². The minimum absolute atomic E-state index is 0.0570. The molecule has 4 N–H and O–H groups in total. The standard InChI is InChI=1S/C12H10ClN3O4S/c13-8-2-1-3-10(12(8)16(17)18)21(19,20)11-6-7(14)4-5-9(11)15/h1-6H,14-15H2. The average molecular weight is 328 g/mol. The van der Waals surface area contributed by atoms with Gasteiger partial charge in [0.2, 0.25) is 9.84 Å². The van der Waals surface area contributed by atoms with Gasteiger partial charge in [-0.05, 0) is 30.3 Å². The molecule has 0 amide bonds. The van der Waals surface area contributed by atoms with Crippen molar-refractivity contribution in [1.29, 1.82) is 0 Å². The number of nitrogens with two attached hydrogens (primary N) is 2. The van der Waals surface area contributed by atoms with Gasteiger partial charge in [-0.1, -0.05) is 17.7 Å². The lowest BCUT2D eigenvalue weighted by atomic mass is 10.3. The van der Waals surface area contributed by atoms with Gasteiger partial charge in [0.1, 0.15) is 5.02 Å². The zero-order valence-electron chi connectivity index (χ0n) is 10.5. The molecule has 0 aliphatic rings. The van der Waals surface area contributed by atoms with Crippen molar-refractivity contribution in [3.63, 3.8) is 0 Å². The number of hydrogen-bond acceptors (Lipinski definition) is 6. The van der Waals surface area contributed by atoms with E-state index < -0.39 is 25.3 Å². The number of sulfone groups is 1. The van der Waals surface area contributed by atoms with E-state index in [-0.39, 0.29) is 21.3 Å². The molecule has 0 aliphatic heterocycles. The largest absolute Gasteiger partial charge is 0.399 e. The summed E-state index contributed by atoms with van der Waals surface area (Å²) < 4.78 is 25.2. The molecular weight excluding hydrogens is 318 g/mol. The first-order valence-electron chi connectivity index (χ1n) is 5.58. The van der Waals surface area contributed by atoms with Crippen molar-refractivity contribution >= 4 is 38.5 Å². The normalized spacial score (nSPS) is 11.3. The summed E-state index contributed by atoms with van der Waals surface area (Å²) in [6, 6.07) is 7.54. The lowest BCUT2D eigenvalue weighted by Gasteiger charge is -2.09. The smallest absolute Gasteiger partial charge is 0.306 e. The predicted octanol–water partition coefficient (Wildman–Crippen LogP) is 2.25. The predicted molar refractivity (Wildman–Crippen MR) is 78.8 cm³/mol. The van der Waals surface area contributed by atoms with Crippen LogP contribution in [0.4, 0.5) is 17.1 Å². The van der Waals surface area contributed by atoms with Crippen molar-refractivity contribution in [3.8, 4) is 0 Å². The maximum atomic E-state index is 12.6. The minimum Gasteiger partial charge on any atom is -0.399 e. The van der Waals surface area contributed by atoms with Crippen molar-refractivity contribution in [2.45, 2.75) is 9.79 Å². The van der Waals surface area contributed by atoms with E-state index in [9.17, 15) is 18.5 Å². The Kier molecular flexibility index (Phi) is 3.75. The molecular formula is C12H10ClN3O4S. The van der Waals surface area contributed by atoms with Crippen molar-refractivity contribution in [3.05, 3.63) is 51.5 Å². The van der Waals surface area contributed by atoms with Crippen LogP contribution in [0.3, 0.4) is 0 Å². The van der Waals surface area contributed by atoms with Gasteiger partial charge in [0, 0.05) is 5.69 Å². The maximum absolute atomic E-state index is 12.6. The summed E-state index contributed by atoms with van der Waals surface area (Å²) in [6.45, 7) is 0. The first-order chi connectivity index (χ1) is 9.75. The first kappa shape index (κ1) is 15.1. The van der Waals surface area contributed by atoms with Crippen molar-refractivity contribution in [2.75, 3.05) is 11.5 Å². The molecule has 0 heterocycles. The van der Waals surface area contributed by atoms with Crippen LogP contribution in [0.25, 0.3) is 0 Å². The molecule has 0 bridgehead atoms. The Morgan fingerprint density at radius 2 is 1.76 bits per heavy atom. The molecule has 0 unspecified atom stereocenters. The molecule has 0 fully saturated rings. The summed E-state index contributed by atoms with van der Waals surface area (Å²) in [7, 11) is -4.22. The highest BCUT2D eigenvalue weighted by molar-refractivity contribution is 7.91. The van der Waals surface area contributed by atoms with Crippen LogP contribution >= 0.6 is 11.6 Å². The number of para-hydroxylation sites is 1.